The normalized spacial score (nSPS) is 17.4. The van der Waals surface area contributed by atoms with Crippen molar-refractivity contribution in [2.24, 2.45) is 0 Å². The fourth-order valence-electron chi connectivity index (χ4n) is 2.12. The molecule has 1 aliphatic rings. The highest BCUT2D eigenvalue weighted by molar-refractivity contribution is 6.31. The Morgan fingerprint density at radius 3 is 2.78 bits per heavy atom. The average molecular weight is 268 g/mol. The first-order chi connectivity index (χ1) is 8.81. The van der Waals surface area contributed by atoms with Crippen LogP contribution in [-0.2, 0) is 4.74 Å². The van der Waals surface area contributed by atoms with Crippen molar-refractivity contribution in [2.75, 3.05) is 13.1 Å². The lowest BCUT2D eigenvalue weighted by atomic mass is 9.95. The summed E-state index contributed by atoms with van der Waals surface area (Å²) in [4.78, 5) is 0. The second-order valence-electron chi connectivity index (χ2n) is 4.90. The molecular weight excluding hydrogens is 246 g/mol. The summed E-state index contributed by atoms with van der Waals surface area (Å²) < 4.78 is 6.15. The molecule has 1 saturated carbocycles. The third-order valence-electron chi connectivity index (χ3n) is 3.42. The molecule has 0 aromatic heterocycles. The number of halogens is 1. The molecule has 1 aliphatic carbocycles. The second kappa shape index (κ2) is 7.13. The van der Waals surface area contributed by atoms with Gasteiger partial charge in [-0.15, -0.1) is 0 Å². The second-order valence-corrected chi connectivity index (χ2v) is 5.31. The molecule has 0 heterocycles. The molecule has 2 rings (SSSR count). The van der Waals surface area contributed by atoms with Crippen LogP contribution in [0.3, 0.4) is 0 Å². The summed E-state index contributed by atoms with van der Waals surface area (Å²) in [5, 5.41) is 4.24. The Morgan fingerprint density at radius 2 is 2.17 bits per heavy atom. The fraction of sp³-hybridized carbons (Fsp3) is 0.600. The quantitative estimate of drug-likeness (QED) is 0.756. The zero-order valence-corrected chi connectivity index (χ0v) is 11.7. The number of hydrogen-bond acceptors (Lipinski definition) is 2. The first kappa shape index (κ1) is 13.9. The van der Waals surface area contributed by atoms with E-state index in [1.807, 2.05) is 18.2 Å². The molecule has 1 aromatic carbocycles. The first-order valence-corrected chi connectivity index (χ1v) is 7.29. The van der Waals surface area contributed by atoms with Gasteiger partial charge in [0.15, 0.2) is 0 Å². The van der Waals surface area contributed by atoms with Gasteiger partial charge < -0.3 is 10.1 Å². The molecule has 1 fully saturated rings. The third kappa shape index (κ3) is 3.71. The van der Waals surface area contributed by atoms with Crippen LogP contribution >= 0.6 is 11.6 Å². The molecule has 0 aliphatic heterocycles. The minimum absolute atomic E-state index is 0.0792. The zero-order valence-electron chi connectivity index (χ0n) is 11.0. The molecule has 0 amide bonds. The van der Waals surface area contributed by atoms with Gasteiger partial charge in [-0.2, -0.15) is 0 Å². The molecule has 0 radical (unpaired) electrons. The number of rotatable bonds is 7. The summed E-state index contributed by atoms with van der Waals surface area (Å²) in [6.07, 6.45) is 5.31. The summed E-state index contributed by atoms with van der Waals surface area (Å²) >= 11 is 6.27. The van der Waals surface area contributed by atoms with Gasteiger partial charge in [0, 0.05) is 17.1 Å². The van der Waals surface area contributed by atoms with Crippen molar-refractivity contribution in [3.63, 3.8) is 0 Å². The highest BCUT2D eigenvalue weighted by Crippen LogP contribution is 2.31. The van der Waals surface area contributed by atoms with Gasteiger partial charge >= 0.3 is 0 Å². The maximum atomic E-state index is 6.27. The van der Waals surface area contributed by atoms with Crippen LogP contribution in [-0.4, -0.2) is 19.2 Å². The summed E-state index contributed by atoms with van der Waals surface area (Å²) in [5.41, 5.74) is 1.11. The summed E-state index contributed by atoms with van der Waals surface area (Å²) in [6, 6.07) is 8.00. The molecule has 3 heteroatoms. The lowest BCUT2D eigenvalue weighted by molar-refractivity contribution is -0.0518. The molecule has 0 spiro atoms. The van der Waals surface area contributed by atoms with E-state index in [9.17, 15) is 0 Å². The lowest BCUT2D eigenvalue weighted by Crippen LogP contribution is -2.30. The van der Waals surface area contributed by atoms with Crippen molar-refractivity contribution in [3.8, 4) is 0 Å². The molecular formula is C15H22ClNO. The number of nitrogens with one attached hydrogen (secondary N) is 1. The third-order valence-corrected chi connectivity index (χ3v) is 3.76. The SMILES string of the molecule is CCCNCC(OC1CCC1)c1ccccc1Cl. The molecule has 100 valence electrons. The zero-order chi connectivity index (χ0) is 12.8. The van der Waals surface area contributed by atoms with Crippen LogP contribution in [0.1, 0.15) is 44.3 Å². The van der Waals surface area contributed by atoms with Gasteiger partial charge in [0.2, 0.25) is 0 Å². The Balaban J connectivity index is 2.00. The van der Waals surface area contributed by atoms with Gasteiger partial charge in [0.1, 0.15) is 0 Å². The lowest BCUT2D eigenvalue weighted by Gasteiger charge is -2.31. The summed E-state index contributed by atoms with van der Waals surface area (Å²) in [7, 11) is 0. The molecule has 1 N–H and O–H groups in total. The van der Waals surface area contributed by atoms with E-state index in [0.29, 0.717) is 6.10 Å². The highest BCUT2D eigenvalue weighted by Gasteiger charge is 2.24. The molecule has 1 atom stereocenters. The van der Waals surface area contributed by atoms with Crippen molar-refractivity contribution in [1.29, 1.82) is 0 Å². The first-order valence-electron chi connectivity index (χ1n) is 6.92. The fourth-order valence-corrected chi connectivity index (χ4v) is 2.37. The Hall–Kier alpha value is -0.570. The van der Waals surface area contributed by atoms with Crippen LogP contribution in [0, 0.1) is 0 Å². The summed E-state index contributed by atoms with van der Waals surface area (Å²) in [6.45, 7) is 4.04. The van der Waals surface area contributed by atoms with Crippen LogP contribution in [0.25, 0.3) is 0 Å². The number of hydrogen-bond donors (Lipinski definition) is 1. The van der Waals surface area contributed by atoms with E-state index in [1.54, 1.807) is 0 Å². The Bertz CT molecular complexity index is 365. The molecule has 18 heavy (non-hydrogen) atoms. The van der Waals surface area contributed by atoms with E-state index in [2.05, 4.69) is 18.3 Å². The maximum Gasteiger partial charge on any atom is 0.0967 e. The van der Waals surface area contributed by atoms with Crippen LogP contribution < -0.4 is 5.32 Å². The topological polar surface area (TPSA) is 21.3 Å². The smallest absolute Gasteiger partial charge is 0.0967 e. The van der Waals surface area contributed by atoms with Crippen molar-refractivity contribution < 1.29 is 4.74 Å². The average Bonchev–Trinajstić information content (AvgIpc) is 2.32. The van der Waals surface area contributed by atoms with E-state index < -0.39 is 0 Å². The van der Waals surface area contributed by atoms with Crippen LogP contribution in [0.15, 0.2) is 24.3 Å². The van der Waals surface area contributed by atoms with Crippen molar-refractivity contribution in [1.82, 2.24) is 5.32 Å². The van der Waals surface area contributed by atoms with Crippen molar-refractivity contribution >= 4 is 11.6 Å². The Morgan fingerprint density at radius 1 is 1.39 bits per heavy atom. The molecule has 0 bridgehead atoms. The number of benzene rings is 1. The van der Waals surface area contributed by atoms with Gasteiger partial charge in [-0.25, -0.2) is 0 Å². The van der Waals surface area contributed by atoms with E-state index in [0.717, 1.165) is 30.1 Å². The number of ether oxygens (including phenoxy) is 1. The van der Waals surface area contributed by atoms with Crippen LogP contribution in [0.2, 0.25) is 5.02 Å². The van der Waals surface area contributed by atoms with Crippen LogP contribution in [0.4, 0.5) is 0 Å². The van der Waals surface area contributed by atoms with E-state index >= 15 is 0 Å². The maximum absolute atomic E-state index is 6.27. The molecule has 0 saturated heterocycles. The summed E-state index contributed by atoms with van der Waals surface area (Å²) in [5.74, 6) is 0. The molecule has 1 unspecified atom stereocenters. The van der Waals surface area contributed by atoms with Crippen LogP contribution in [0.5, 0.6) is 0 Å². The van der Waals surface area contributed by atoms with Gasteiger partial charge in [0.25, 0.3) is 0 Å². The van der Waals surface area contributed by atoms with Crippen molar-refractivity contribution in [3.05, 3.63) is 34.9 Å². The van der Waals surface area contributed by atoms with Gasteiger partial charge in [-0.3, -0.25) is 0 Å². The predicted octanol–water partition coefficient (Wildman–Crippen LogP) is 3.95. The largest absolute Gasteiger partial charge is 0.369 e. The van der Waals surface area contributed by atoms with E-state index in [1.165, 1.54) is 19.3 Å². The Labute approximate surface area is 115 Å². The van der Waals surface area contributed by atoms with E-state index in [4.69, 9.17) is 16.3 Å². The Kier molecular flexibility index (Phi) is 5.48. The minimum atomic E-state index is 0.0792. The van der Waals surface area contributed by atoms with Gasteiger partial charge in [-0.05, 0) is 38.3 Å². The van der Waals surface area contributed by atoms with Gasteiger partial charge in [0.05, 0.1) is 12.2 Å². The van der Waals surface area contributed by atoms with Gasteiger partial charge in [-0.1, -0.05) is 36.7 Å². The molecule has 1 aromatic rings. The molecule has 2 nitrogen and oxygen atoms in total. The monoisotopic (exact) mass is 267 g/mol. The van der Waals surface area contributed by atoms with Crippen molar-refractivity contribution in [2.45, 2.75) is 44.8 Å². The highest BCUT2D eigenvalue weighted by atomic mass is 35.5. The van der Waals surface area contributed by atoms with E-state index in [-0.39, 0.29) is 6.10 Å². The predicted molar refractivity (Wildman–Crippen MR) is 76.1 cm³/mol. The standard InChI is InChI=1S/C15H22ClNO/c1-2-10-17-11-15(18-12-6-5-7-12)13-8-3-4-9-14(13)16/h3-4,8-9,12,15,17H,2,5-7,10-11H2,1H3. The minimum Gasteiger partial charge on any atom is -0.369 e.